The predicted molar refractivity (Wildman–Crippen MR) is 112 cm³/mol. The number of hydrogen-bond acceptors (Lipinski definition) is 4. The number of anilines is 3. The highest BCUT2D eigenvalue weighted by Gasteiger charge is 2.14. The van der Waals surface area contributed by atoms with Crippen LogP contribution in [0.1, 0.15) is 25.8 Å². The number of ether oxygens (including phenoxy) is 1. The molecule has 1 atom stereocenters. The van der Waals surface area contributed by atoms with E-state index in [2.05, 4.69) is 34.6 Å². The third kappa shape index (κ3) is 5.47. The van der Waals surface area contributed by atoms with Crippen LogP contribution in [0.5, 0.6) is 0 Å². The fourth-order valence-electron chi connectivity index (χ4n) is 3.20. The van der Waals surface area contributed by atoms with Gasteiger partial charge in [0.2, 0.25) is 5.91 Å². The van der Waals surface area contributed by atoms with Crippen LogP contribution in [-0.4, -0.2) is 38.3 Å². The van der Waals surface area contributed by atoms with Gasteiger partial charge < -0.3 is 20.3 Å². The average molecular weight is 367 g/mol. The maximum Gasteiger partial charge on any atom is 0.246 e. The molecule has 0 aliphatic carbocycles. The summed E-state index contributed by atoms with van der Waals surface area (Å²) >= 11 is 0. The largest absolute Gasteiger partial charge is 0.378 e. The smallest absolute Gasteiger partial charge is 0.246 e. The van der Waals surface area contributed by atoms with E-state index >= 15 is 0 Å². The van der Waals surface area contributed by atoms with Crippen molar-refractivity contribution < 1.29 is 9.53 Å². The Morgan fingerprint density at radius 3 is 2.30 bits per heavy atom. The highest BCUT2D eigenvalue weighted by molar-refractivity contribution is 5.96. The van der Waals surface area contributed by atoms with Gasteiger partial charge in [-0.25, -0.2) is 0 Å². The summed E-state index contributed by atoms with van der Waals surface area (Å²) in [5.41, 5.74) is 4.25. The monoisotopic (exact) mass is 367 g/mol. The van der Waals surface area contributed by atoms with Crippen molar-refractivity contribution in [2.75, 3.05) is 41.8 Å². The summed E-state index contributed by atoms with van der Waals surface area (Å²) in [6.45, 7) is 7.39. The Kier molecular flexibility index (Phi) is 6.71. The molecule has 0 aromatic heterocycles. The minimum absolute atomic E-state index is 0.0493. The van der Waals surface area contributed by atoms with Crippen LogP contribution in [0, 0.1) is 0 Å². The molecular formula is C22H29N3O2. The Bertz CT molecular complexity index is 722. The van der Waals surface area contributed by atoms with E-state index in [0.717, 1.165) is 56.2 Å². The first kappa shape index (κ1) is 19.2. The molecule has 1 heterocycles. The molecule has 3 rings (SSSR count). The number of carbonyl (C=O) groups excluding carboxylic acids is 1. The standard InChI is InChI=1S/C22H29N3O2/c1-3-4-18-5-7-19(8-6-18)23-17(2)22(26)24-20-9-11-21(12-10-20)25-13-15-27-16-14-25/h5-12,17,23H,3-4,13-16H2,1-2H3,(H,24,26)/t17-/m1/s1. The zero-order chi connectivity index (χ0) is 19.1. The van der Waals surface area contributed by atoms with Gasteiger partial charge in [0.05, 0.1) is 13.2 Å². The minimum atomic E-state index is -0.319. The molecule has 2 aromatic carbocycles. The summed E-state index contributed by atoms with van der Waals surface area (Å²) in [6, 6.07) is 16.0. The minimum Gasteiger partial charge on any atom is -0.378 e. The Morgan fingerprint density at radius 1 is 1.04 bits per heavy atom. The van der Waals surface area contributed by atoms with Gasteiger partial charge in [0.1, 0.15) is 6.04 Å². The van der Waals surface area contributed by atoms with E-state index < -0.39 is 0 Å². The number of aryl methyl sites for hydroxylation is 1. The molecule has 144 valence electrons. The van der Waals surface area contributed by atoms with E-state index in [0.29, 0.717) is 0 Å². The Hall–Kier alpha value is -2.53. The summed E-state index contributed by atoms with van der Waals surface area (Å²) in [5.74, 6) is -0.0493. The number of nitrogens with zero attached hydrogens (tertiary/aromatic N) is 1. The second kappa shape index (κ2) is 9.42. The SMILES string of the molecule is CCCc1ccc(N[C@H](C)C(=O)Nc2ccc(N3CCOCC3)cc2)cc1. The van der Waals surface area contributed by atoms with Crippen molar-refractivity contribution in [1.82, 2.24) is 0 Å². The van der Waals surface area contributed by atoms with Gasteiger partial charge in [-0.05, 0) is 55.3 Å². The molecule has 1 saturated heterocycles. The van der Waals surface area contributed by atoms with Gasteiger partial charge in [0, 0.05) is 30.2 Å². The number of rotatable bonds is 7. The molecule has 0 spiro atoms. The van der Waals surface area contributed by atoms with Crippen LogP contribution in [-0.2, 0) is 16.0 Å². The summed E-state index contributed by atoms with van der Waals surface area (Å²) in [4.78, 5) is 14.8. The maximum atomic E-state index is 12.5. The van der Waals surface area contributed by atoms with Gasteiger partial charge in [-0.2, -0.15) is 0 Å². The van der Waals surface area contributed by atoms with Crippen LogP contribution in [0.2, 0.25) is 0 Å². The fourth-order valence-corrected chi connectivity index (χ4v) is 3.20. The molecule has 0 radical (unpaired) electrons. The van der Waals surface area contributed by atoms with E-state index in [9.17, 15) is 4.79 Å². The van der Waals surface area contributed by atoms with Gasteiger partial charge in [0.25, 0.3) is 0 Å². The lowest BCUT2D eigenvalue weighted by atomic mass is 10.1. The first-order valence-electron chi connectivity index (χ1n) is 9.75. The van der Waals surface area contributed by atoms with E-state index in [4.69, 9.17) is 4.74 Å². The van der Waals surface area contributed by atoms with Gasteiger partial charge in [-0.15, -0.1) is 0 Å². The summed E-state index contributed by atoms with van der Waals surface area (Å²) in [5, 5.41) is 6.24. The zero-order valence-electron chi connectivity index (χ0n) is 16.2. The number of nitrogens with one attached hydrogen (secondary N) is 2. The second-order valence-corrected chi connectivity index (χ2v) is 6.95. The van der Waals surface area contributed by atoms with E-state index in [1.54, 1.807) is 0 Å². The molecule has 0 unspecified atom stereocenters. The molecule has 1 fully saturated rings. The number of hydrogen-bond donors (Lipinski definition) is 2. The lowest BCUT2D eigenvalue weighted by Gasteiger charge is -2.29. The zero-order valence-corrected chi connectivity index (χ0v) is 16.2. The number of carbonyl (C=O) groups is 1. The van der Waals surface area contributed by atoms with Crippen LogP contribution in [0.3, 0.4) is 0 Å². The third-order valence-electron chi connectivity index (χ3n) is 4.78. The topological polar surface area (TPSA) is 53.6 Å². The first-order valence-corrected chi connectivity index (χ1v) is 9.75. The Morgan fingerprint density at radius 2 is 1.67 bits per heavy atom. The predicted octanol–water partition coefficient (Wildman–Crippen LogP) is 3.91. The second-order valence-electron chi connectivity index (χ2n) is 6.95. The molecule has 0 bridgehead atoms. The molecule has 2 N–H and O–H groups in total. The number of benzene rings is 2. The van der Waals surface area contributed by atoms with Crippen LogP contribution >= 0.6 is 0 Å². The molecular weight excluding hydrogens is 338 g/mol. The number of amides is 1. The van der Waals surface area contributed by atoms with E-state index in [1.165, 1.54) is 5.56 Å². The van der Waals surface area contributed by atoms with Crippen molar-refractivity contribution in [2.45, 2.75) is 32.7 Å². The summed E-state index contributed by atoms with van der Waals surface area (Å²) in [7, 11) is 0. The van der Waals surface area contributed by atoms with Gasteiger partial charge in [-0.1, -0.05) is 25.5 Å². The van der Waals surface area contributed by atoms with Crippen LogP contribution in [0.15, 0.2) is 48.5 Å². The third-order valence-corrected chi connectivity index (χ3v) is 4.78. The van der Waals surface area contributed by atoms with E-state index in [-0.39, 0.29) is 11.9 Å². The van der Waals surface area contributed by atoms with E-state index in [1.807, 2.05) is 43.3 Å². The van der Waals surface area contributed by atoms with Crippen molar-refractivity contribution in [3.05, 3.63) is 54.1 Å². The quantitative estimate of drug-likeness (QED) is 0.779. The van der Waals surface area contributed by atoms with Gasteiger partial charge in [0.15, 0.2) is 0 Å². The molecule has 1 aliphatic heterocycles. The molecule has 1 aliphatic rings. The van der Waals surface area contributed by atoms with Gasteiger partial charge >= 0.3 is 0 Å². The summed E-state index contributed by atoms with van der Waals surface area (Å²) < 4.78 is 5.39. The number of morpholine rings is 1. The molecule has 27 heavy (non-hydrogen) atoms. The molecule has 5 heteroatoms. The average Bonchev–Trinajstić information content (AvgIpc) is 2.71. The van der Waals surface area contributed by atoms with Crippen molar-refractivity contribution in [2.24, 2.45) is 0 Å². The van der Waals surface area contributed by atoms with Crippen molar-refractivity contribution in [3.8, 4) is 0 Å². The van der Waals surface area contributed by atoms with Crippen molar-refractivity contribution in [1.29, 1.82) is 0 Å². The lowest BCUT2D eigenvalue weighted by molar-refractivity contribution is -0.116. The lowest BCUT2D eigenvalue weighted by Crippen LogP contribution is -2.36. The molecule has 5 nitrogen and oxygen atoms in total. The molecule has 2 aromatic rings. The first-order chi connectivity index (χ1) is 13.2. The normalized spacial score (nSPS) is 15.3. The van der Waals surface area contributed by atoms with Gasteiger partial charge in [-0.3, -0.25) is 4.79 Å². The maximum absolute atomic E-state index is 12.5. The summed E-state index contributed by atoms with van der Waals surface area (Å²) in [6.07, 6.45) is 2.21. The highest BCUT2D eigenvalue weighted by atomic mass is 16.5. The fraction of sp³-hybridized carbons (Fsp3) is 0.409. The van der Waals surface area contributed by atoms with Crippen molar-refractivity contribution in [3.63, 3.8) is 0 Å². The Balaban J connectivity index is 1.52. The molecule has 1 amide bonds. The van der Waals surface area contributed by atoms with Crippen LogP contribution in [0.25, 0.3) is 0 Å². The highest BCUT2D eigenvalue weighted by Crippen LogP contribution is 2.19. The van der Waals surface area contributed by atoms with Crippen molar-refractivity contribution >= 4 is 23.0 Å². The molecule has 0 saturated carbocycles. The Labute approximate surface area is 161 Å². The van der Waals surface area contributed by atoms with Crippen LogP contribution in [0.4, 0.5) is 17.1 Å². The van der Waals surface area contributed by atoms with Crippen LogP contribution < -0.4 is 15.5 Å².